The highest BCUT2D eigenvalue weighted by molar-refractivity contribution is 5.30. The van der Waals surface area contributed by atoms with Gasteiger partial charge in [-0.2, -0.15) is 0 Å². The second-order valence-electron chi connectivity index (χ2n) is 4.82. The molecule has 1 aromatic carbocycles. The quantitative estimate of drug-likeness (QED) is 0.724. The molecule has 16 heavy (non-hydrogen) atoms. The molecule has 1 rings (SSSR count). The summed E-state index contributed by atoms with van der Waals surface area (Å²) in [6, 6.07) is 7.23. The zero-order chi connectivity index (χ0) is 12.2. The van der Waals surface area contributed by atoms with E-state index in [0.717, 1.165) is 18.8 Å². The van der Waals surface area contributed by atoms with Crippen LogP contribution in [0.25, 0.3) is 0 Å². The molecule has 2 heteroatoms. The third-order valence-electron chi connectivity index (χ3n) is 2.77. The van der Waals surface area contributed by atoms with Crippen molar-refractivity contribution in [1.29, 1.82) is 0 Å². The summed E-state index contributed by atoms with van der Waals surface area (Å²) in [5, 5.41) is 0. The molecule has 0 bridgehead atoms. The summed E-state index contributed by atoms with van der Waals surface area (Å²) in [6.07, 6.45) is 1.11. The smallest absolute Gasteiger partial charge is 0.130 e. The Bertz CT molecular complexity index is 311. The van der Waals surface area contributed by atoms with Gasteiger partial charge in [0, 0.05) is 0 Å². The maximum atomic E-state index is 13.6. The minimum absolute atomic E-state index is 0.553. The molecule has 1 aromatic rings. The molecular formula is C14H21FO. The van der Waals surface area contributed by atoms with Gasteiger partial charge in [-0.15, -0.1) is 0 Å². The number of alkyl halides is 1. The van der Waals surface area contributed by atoms with Crippen LogP contribution in [0, 0.1) is 5.92 Å². The van der Waals surface area contributed by atoms with Gasteiger partial charge in [-0.1, -0.05) is 32.4 Å². The summed E-state index contributed by atoms with van der Waals surface area (Å²) in [6.45, 7) is 8.13. The van der Waals surface area contributed by atoms with E-state index in [2.05, 4.69) is 13.8 Å². The van der Waals surface area contributed by atoms with Gasteiger partial charge in [-0.05, 0) is 37.5 Å². The maximum absolute atomic E-state index is 13.6. The van der Waals surface area contributed by atoms with E-state index in [0.29, 0.717) is 11.5 Å². The van der Waals surface area contributed by atoms with Crippen molar-refractivity contribution < 1.29 is 9.13 Å². The van der Waals surface area contributed by atoms with Crippen LogP contribution in [-0.4, -0.2) is 6.61 Å². The lowest BCUT2D eigenvalue weighted by Crippen LogP contribution is -2.09. The van der Waals surface area contributed by atoms with Crippen LogP contribution in [0.3, 0.4) is 0 Å². The van der Waals surface area contributed by atoms with Gasteiger partial charge < -0.3 is 4.74 Å². The minimum Gasteiger partial charge on any atom is -0.493 e. The molecule has 0 fully saturated rings. The minimum atomic E-state index is -1.28. The summed E-state index contributed by atoms with van der Waals surface area (Å²) in [4.78, 5) is 0. The Hall–Kier alpha value is -1.05. The normalized spacial score (nSPS) is 13.6. The van der Waals surface area contributed by atoms with Gasteiger partial charge in [0.15, 0.2) is 0 Å². The molecule has 0 aliphatic heterocycles. The molecule has 0 aliphatic rings. The van der Waals surface area contributed by atoms with Gasteiger partial charge in [-0.3, -0.25) is 0 Å². The maximum Gasteiger partial charge on any atom is 0.130 e. The Labute approximate surface area is 97.6 Å². The van der Waals surface area contributed by atoms with Crippen LogP contribution in [0.1, 0.15) is 39.7 Å². The first-order valence-electron chi connectivity index (χ1n) is 5.85. The van der Waals surface area contributed by atoms with Crippen LogP contribution in [0.15, 0.2) is 24.3 Å². The standard InChI is InChI=1S/C14H21FO/c1-5-11(2)10-16-13-8-6-12(7-9-13)14(3,4)15/h6-9,11H,5,10H2,1-4H3. The Kier molecular flexibility index (Phi) is 4.34. The summed E-state index contributed by atoms with van der Waals surface area (Å²) in [5.74, 6) is 1.37. The second kappa shape index (κ2) is 5.33. The number of hydrogen-bond donors (Lipinski definition) is 0. The zero-order valence-corrected chi connectivity index (χ0v) is 10.6. The average Bonchev–Trinajstić information content (AvgIpc) is 2.25. The Morgan fingerprint density at radius 3 is 2.25 bits per heavy atom. The van der Waals surface area contributed by atoms with Crippen molar-refractivity contribution in [2.75, 3.05) is 6.61 Å². The molecule has 0 N–H and O–H groups in total. The Balaban J connectivity index is 2.58. The number of ether oxygens (including phenoxy) is 1. The van der Waals surface area contributed by atoms with Crippen molar-refractivity contribution in [1.82, 2.24) is 0 Å². The Morgan fingerprint density at radius 2 is 1.81 bits per heavy atom. The highest BCUT2D eigenvalue weighted by atomic mass is 19.1. The van der Waals surface area contributed by atoms with Crippen molar-refractivity contribution in [3.05, 3.63) is 29.8 Å². The van der Waals surface area contributed by atoms with Gasteiger partial charge in [0.2, 0.25) is 0 Å². The van der Waals surface area contributed by atoms with Gasteiger partial charge in [0.05, 0.1) is 6.61 Å². The van der Waals surface area contributed by atoms with Crippen molar-refractivity contribution >= 4 is 0 Å². The van der Waals surface area contributed by atoms with Crippen molar-refractivity contribution in [2.45, 2.75) is 39.8 Å². The molecule has 0 aromatic heterocycles. The van der Waals surface area contributed by atoms with E-state index in [1.807, 2.05) is 12.1 Å². The molecule has 0 heterocycles. The number of benzene rings is 1. The third kappa shape index (κ3) is 3.84. The largest absolute Gasteiger partial charge is 0.493 e. The lowest BCUT2D eigenvalue weighted by atomic mass is 10.0. The molecule has 1 atom stereocenters. The molecule has 1 unspecified atom stereocenters. The molecule has 0 saturated carbocycles. The third-order valence-corrected chi connectivity index (χ3v) is 2.77. The second-order valence-corrected chi connectivity index (χ2v) is 4.82. The average molecular weight is 224 g/mol. The van der Waals surface area contributed by atoms with Gasteiger partial charge in [-0.25, -0.2) is 4.39 Å². The summed E-state index contributed by atoms with van der Waals surface area (Å²) >= 11 is 0. The van der Waals surface area contributed by atoms with Crippen molar-refractivity contribution in [3.8, 4) is 5.75 Å². The first kappa shape index (κ1) is 13.0. The summed E-state index contributed by atoms with van der Waals surface area (Å²) in [7, 11) is 0. The molecule has 0 spiro atoms. The fourth-order valence-corrected chi connectivity index (χ4v) is 1.30. The van der Waals surface area contributed by atoms with Crippen molar-refractivity contribution in [2.24, 2.45) is 5.92 Å². The molecule has 0 aliphatic carbocycles. The summed E-state index contributed by atoms with van der Waals surface area (Å²) in [5.41, 5.74) is -0.599. The van der Waals surface area contributed by atoms with E-state index < -0.39 is 5.67 Å². The van der Waals surface area contributed by atoms with Gasteiger partial charge >= 0.3 is 0 Å². The van der Waals surface area contributed by atoms with E-state index >= 15 is 0 Å². The van der Waals surface area contributed by atoms with E-state index in [1.54, 1.807) is 26.0 Å². The molecule has 90 valence electrons. The fraction of sp³-hybridized carbons (Fsp3) is 0.571. The predicted molar refractivity (Wildman–Crippen MR) is 65.5 cm³/mol. The number of halogens is 1. The van der Waals surface area contributed by atoms with Crippen LogP contribution in [-0.2, 0) is 5.67 Å². The van der Waals surface area contributed by atoms with Crippen LogP contribution >= 0.6 is 0 Å². The molecule has 0 saturated heterocycles. The van der Waals surface area contributed by atoms with Crippen molar-refractivity contribution in [3.63, 3.8) is 0 Å². The van der Waals surface area contributed by atoms with Gasteiger partial charge in [0.1, 0.15) is 11.4 Å². The number of hydrogen-bond acceptors (Lipinski definition) is 1. The highest BCUT2D eigenvalue weighted by Crippen LogP contribution is 2.26. The van der Waals surface area contributed by atoms with Crippen LogP contribution in [0.4, 0.5) is 4.39 Å². The summed E-state index contributed by atoms with van der Waals surface area (Å²) < 4.78 is 19.2. The molecule has 0 amide bonds. The van der Waals surface area contributed by atoms with Crippen LogP contribution in [0.5, 0.6) is 5.75 Å². The number of rotatable bonds is 5. The lowest BCUT2D eigenvalue weighted by Gasteiger charge is -2.16. The highest BCUT2D eigenvalue weighted by Gasteiger charge is 2.18. The van der Waals surface area contributed by atoms with Crippen LogP contribution < -0.4 is 4.74 Å². The molecular weight excluding hydrogens is 203 g/mol. The lowest BCUT2D eigenvalue weighted by molar-refractivity contribution is 0.220. The fourth-order valence-electron chi connectivity index (χ4n) is 1.30. The van der Waals surface area contributed by atoms with Gasteiger partial charge in [0.25, 0.3) is 0 Å². The topological polar surface area (TPSA) is 9.23 Å². The predicted octanol–water partition coefficient (Wildman–Crippen LogP) is 4.32. The van der Waals surface area contributed by atoms with Crippen LogP contribution in [0.2, 0.25) is 0 Å². The first-order valence-corrected chi connectivity index (χ1v) is 5.85. The first-order chi connectivity index (χ1) is 7.43. The van der Waals surface area contributed by atoms with E-state index in [-0.39, 0.29) is 0 Å². The molecule has 0 radical (unpaired) electrons. The molecule has 1 nitrogen and oxygen atoms in total. The zero-order valence-electron chi connectivity index (χ0n) is 10.6. The Morgan fingerprint density at radius 1 is 1.25 bits per heavy atom. The SMILES string of the molecule is CCC(C)COc1ccc(C(C)(C)F)cc1. The van der Waals surface area contributed by atoms with E-state index in [4.69, 9.17) is 4.74 Å². The van der Waals surface area contributed by atoms with E-state index in [1.165, 1.54) is 0 Å². The van der Waals surface area contributed by atoms with E-state index in [9.17, 15) is 4.39 Å². The monoisotopic (exact) mass is 224 g/mol.